The minimum absolute atomic E-state index is 0.0894. The van der Waals surface area contributed by atoms with Gasteiger partial charge in [-0.2, -0.15) is 4.31 Å². The molecule has 0 unspecified atom stereocenters. The lowest BCUT2D eigenvalue weighted by atomic mass is 10.1. The molecule has 0 saturated heterocycles. The zero-order valence-electron chi connectivity index (χ0n) is 15.1. The highest BCUT2D eigenvalue weighted by Gasteiger charge is 2.26. The average molecular weight is 382 g/mol. The van der Waals surface area contributed by atoms with Crippen LogP contribution in [0, 0.1) is 0 Å². The van der Waals surface area contributed by atoms with Crippen molar-refractivity contribution < 1.29 is 22.7 Å². The van der Waals surface area contributed by atoms with E-state index in [0.29, 0.717) is 24.7 Å². The summed E-state index contributed by atoms with van der Waals surface area (Å²) in [5.41, 5.74) is 0. The maximum atomic E-state index is 12.8. The Morgan fingerprint density at radius 2 is 1.77 bits per heavy atom. The Kier molecular flexibility index (Phi) is 6.03. The van der Waals surface area contributed by atoms with E-state index in [2.05, 4.69) is 5.32 Å². The summed E-state index contributed by atoms with van der Waals surface area (Å²) in [6, 6.07) is 4.66. The Morgan fingerprint density at radius 1 is 1.12 bits per heavy atom. The first-order chi connectivity index (χ1) is 12.5. The fourth-order valence-electron chi connectivity index (χ4n) is 3.35. The Labute approximate surface area is 154 Å². The molecule has 2 aliphatic rings. The number of fused-ring (bicyclic) bond motifs is 1. The molecule has 8 heteroatoms. The van der Waals surface area contributed by atoms with Crippen LogP contribution < -0.4 is 14.8 Å². The quantitative estimate of drug-likeness (QED) is 0.787. The molecule has 1 aromatic rings. The molecule has 3 rings (SSSR count). The molecule has 1 aromatic carbocycles. The van der Waals surface area contributed by atoms with Crippen molar-refractivity contribution in [2.45, 2.75) is 49.5 Å². The van der Waals surface area contributed by atoms with Crippen LogP contribution in [0.15, 0.2) is 23.1 Å². The maximum Gasteiger partial charge on any atom is 0.243 e. The molecule has 7 nitrogen and oxygen atoms in total. The van der Waals surface area contributed by atoms with Gasteiger partial charge in [-0.25, -0.2) is 8.42 Å². The van der Waals surface area contributed by atoms with Crippen molar-refractivity contribution in [1.82, 2.24) is 9.62 Å². The van der Waals surface area contributed by atoms with Crippen LogP contribution in [0.1, 0.15) is 38.5 Å². The molecule has 1 heterocycles. The third kappa shape index (κ3) is 4.48. The van der Waals surface area contributed by atoms with Crippen LogP contribution in [0.3, 0.4) is 0 Å². The minimum atomic E-state index is -3.78. The molecule has 0 aromatic heterocycles. The monoisotopic (exact) mass is 382 g/mol. The van der Waals surface area contributed by atoms with E-state index in [9.17, 15) is 13.2 Å². The van der Waals surface area contributed by atoms with Gasteiger partial charge in [0.1, 0.15) is 13.2 Å². The largest absolute Gasteiger partial charge is 0.486 e. The van der Waals surface area contributed by atoms with Crippen molar-refractivity contribution in [2.75, 3.05) is 26.8 Å². The van der Waals surface area contributed by atoms with Gasteiger partial charge in [0.2, 0.25) is 15.9 Å². The highest BCUT2D eigenvalue weighted by molar-refractivity contribution is 7.89. The highest BCUT2D eigenvalue weighted by atomic mass is 32.2. The number of benzene rings is 1. The zero-order chi connectivity index (χ0) is 18.6. The van der Waals surface area contributed by atoms with Gasteiger partial charge in [-0.3, -0.25) is 4.79 Å². The van der Waals surface area contributed by atoms with Crippen LogP contribution in [0.5, 0.6) is 11.5 Å². The highest BCUT2D eigenvalue weighted by Crippen LogP contribution is 2.32. The van der Waals surface area contributed by atoms with E-state index in [1.54, 1.807) is 6.07 Å². The Bertz CT molecular complexity index is 742. The predicted octanol–water partition coefficient (Wildman–Crippen LogP) is 1.92. The molecular weight excluding hydrogens is 356 g/mol. The first-order valence-corrected chi connectivity index (χ1v) is 10.6. The first kappa shape index (κ1) is 19.0. The van der Waals surface area contributed by atoms with Crippen LogP contribution in [0.2, 0.25) is 0 Å². The maximum absolute atomic E-state index is 12.8. The summed E-state index contributed by atoms with van der Waals surface area (Å²) in [5.74, 6) is 0.679. The normalized spacial score (nSPS) is 18.4. The van der Waals surface area contributed by atoms with Gasteiger partial charge < -0.3 is 14.8 Å². The molecule has 26 heavy (non-hydrogen) atoms. The summed E-state index contributed by atoms with van der Waals surface area (Å²) in [6.07, 6.45) is 6.54. The number of hydrogen-bond donors (Lipinski definition) is 1. The van der Waals surface area contributed by atoms with Crippen molar-refractivity contribution in [3.8, 4) is 11.5 Å². The zero-order valence-corrected chi connectivity index (χ0v) is 15.9. The van der Waals surface area contributed by atoms with Crippen LogP contribution in [-0.2, 0) is 14.8 Å². The number of sulfonamides is 1. The van der Waals surface area contributed by atoms with Gasteiger partial charge in [-0.05, 0) is 25.0 Å². The van der Waals surface area contributed by atoms with E-state index >= 15 is 0 Å². The number of carbonyl (C=O) groups is 1. The van der Waals surface area contributed by atoms with E-state index < -0.39 is 10.0 Å². The van der Waals surface area contributed by atoms with E-state index in [1.807, 2.05) is 0 Å². The molecule has 0 atom stereocenters. The number of amides is 1. The number of nitrogens with one attached hydrogen (secondary N) is 1. The molecule has 1 fully saturated rings. The van der Waals surface area contributed by atoms with Crippen LogP contribution in [0.4, 0.5) is 0 Å². The molecule has 1 N–H and O–H groups in total. The van der Waals surface area contributed by atoms with Crippen LogP contribution in [0.25, 0.3) is 0 Å². The second kappa shape index (κ2) is 8.26. The van der Waals surface area contributed by atoms with Gasteiger partial charge in [0.25, 0.3) is 0 Å². The summed E-state index contributed by atoms with van der Waals surface area (Å²) < 4.78 is 37.4. The van der Waals surface area contributed by atoms with Gasteiger partial charge in [0, 0.05) is 19.2 Å². The minimum Gasteiger partial charge on any atom is -0.486 e. The third-order valence-corrected chi connectivity index (χ3v) is 6.61. The van der Waals surface area contributed by atoms with Crippen LogP contribution >= 0.6 is 0 Å². The smallest absolute Gasteiger partial charge is 0.243 e. The van der Waals surface area contributed by atoms with Crippen molar-refractivity contribution in [2.24, 2.45) is 0 Å². The van der Waals surface area contributed by atoms with E-state index in [4.69, 9.17) is 9.47 Å². The fraction of sp³-hybridized carbons (Fsp3) is 0.611. The number of carbonyl (C=O) groups excluding carboxylic acids is 1. The van der Waals surface area contributed by atoms with Crippen molar-refractivity contribution in [3.05, 3.63) is 18.2 Å². The van der Waals surface area contributed by atoms with Gasteiger partial charge in [-0.1, -0.05) is 25.7 Å². The first-order valence-electron chi connectivity index (χ1n) is 9.12. The molecule has 0 radical (unpaired) electrons. The number of ether oxygens (including phenoxy) is 2. The Hall–Kier alpha value is -1.80. The molecular formula is C18H26N2O5S. The Balaban J connectivity index is 1.64. The number of hydrogen-bond acceptors (Lipinski definition) is 5. The van der Waals surface area contributed by atoms with Gasteiger partial charge in [-0.15, -0.1) is 0 Å². The van der Waals surface area contributed by atoms with Gasteiger partial charge in [0.05, 0.1) is 11.4 Å². The lowest BCUT2D eigenvalue weighted by Gasteiger charge is -2.22. The van der Waals surface area contributed by atoms with Gasteiger partial charge in [0.15, 0.2) is 11.5 Å². The molecule has 0 bridgehead atoms. The van der Waals surface area contributed by atoms with E-state index in [1.165, 1.54) is 32.0 Å². The summed E-state index contributed by atoms with van der Waals surface area (Å²) in [5, 5.41) is 2.97. The van der Waals surface area contributed by atoms with Crippen molar-refractivity contribution in [1.29, 1.82) is 0 Å². The predicted molar refractivity (Wildman–Crippen MR) is 96.9 cm³/mol. The standard InChI is InChI=1S/C18H26N2O5S/c1-20(13-18(21)19-14-6-4-2-3-5-7-14)26(22,23)15-8-9-16-17(12-15)25-11-10-24-16/h8-9,12,14H,2-7,10-11,13H2,1H3,(H,19,21). The molecule has 1 aliphatic heterocycles. The summed E-state index contributed by atoms with van der Waals surface area (Å²) in [6.45, 7) is 0.629. The fourth-order valence-corrected chi connectivity index (χ4v) is 4.49. The lowest BCUT2D eigenvalue weighted by Crippen LogP contribution is -2.42. The van der Waals surface area contributed by atoms with E-state index in [0.717, 1.165) is 30.0 Å². The summed E-state index contributed by atoms with van der Waals surface area (Å²) in [7, 11) is -2.36. The number of likely N-dealkylation sites (N-methyl/N-ethyl adjacent to an activating group) is 1. The number of nitrogens with zero attached hydrogens (tertiary/aromatic N) is 1. The Morgan fingerprint density at radius 3 is 2.46 bits per heavy atom. The summed E-state index contributed by atoms with van der Waals surface area (Å²) >= 11 is 0. The van der Waals surface area contributed by atoms with Crippen LogP contribution in [-0.4, -0.2) is 51.5 Å². The molecule has 1 saturated carbocycles. The molecule has 1 amide bonds. The summed E-state index contributed by atoms with van der Waals surface area (Å²) in [4.78, 5) is 12.4. The SMILES string of the molecule is CN(CC(=O)NC1CCCCCC1)S(=O)(=O)c1ccc2c(c1)OCCO2. The molecule has 0 spiro atoms. The topological polar surface area (TPSA) is 84.9 Å². The second-order valence-corrected chi connectivity index (χ2v) is 8.87. The number of rotatable bonds is 5. The van der Waals surface area contributed by atoms with Crippen molar-refractivity contribution in [3.63, 3.8) is 0 Å². The van der Waals surface area contributed by atoms with Gasteiger partial charge >= 0.3 is 0 Å². The second-order valence-electron chi connectivity index (χ2n) is 6.82. The van der Waals surface area contributed by atoms with E-state index in [-0.39, 0.29) is 23.4 Å². The lowest BCUT2D eigenvalue weighted by molar-refractivity contribution is -0.121. The average Bonchev–Trinajstić information content (AvgIpc) is 2.89. The molecule has 144 valence electrons. The third-order valence-electron chi connectivity index (χ3n) is 4.81. The van der Waals surface area contributed by atoms with Crippen molar-refractivity contribution >= 4 is 15.9 Å². The molecule has 1 aliphatic carbocycles.